The van der Waals surface area contributed by atoms with Gasteiger partial charge in [0.25, 0.3) is 0 Å². The molecule has 1 fully saturated rings. The van der Waals surface area contributed by atoms with Crippen LogP contribution in [0.2, 0.25) is 0 Å². The predicted molar refractivity (Wildman–Crippen MR) is 73.6 cm³/mol. The first kappa shape index (κ1) is 14.2. The number of rotatable bonds is 7. The Kier molecular flexibility index (Phi) is 3.74. The topological polar surface area (TPSA) is 128 Å². The van der Waals surface area contributed by atoms with Crippen LogP contribution in [0.1, 0.15) is 37.3 Å². The van der Waals surface area contributed by atoms with Gasteiger partial charge >= 0.3 is 0 Å². The lowest BCUT2D eigenvalue weighted by Gasteiger charge is -2.09. The van der Waals surface area contributed by atoms with Gasteiger partial charge in [-0.1, -0.05) is 5.21 Å². The molecule has 1 unspecified atom stereocenters. The van der Waals surface area contributed by atoms with Gasteiger partial charge in [-0.2, -0.15) is 5.21 Å². The fourth-order valence-electron chi connectivity index (χ4n) is 1.92. The second kappa shape index (κ2) is 5.54. The summed E-state index contributed by atoms with van der Waals surface area (Å²) in [6.07, 6.45) is 3.86. The van der Waals surface area contributed by atoms with Gasteiger partial charge in [0.2, 0.25) is 10.0 Å². The Hall–Kier alpha value is -1.78. The number of aromatic nitrogens is 5. The number of hydrogen-bond donors (Lipinski definition) is 4. The molecule has 3 rings (SSSR count). The normalized spacial score (nSPS) is 17.0. The summed E-state index contributed by atoms with van der Waals surface area (Å²) < 4.78 is 27.0. The van der Waals surface area contributed by atoms with Gasteiger partial charge in [-0.25, -0.2) is 13.1 Å². The molecule has 0 radical (unpaired) electrons. The summed E-state index contributed by atoms with van der Waals surface area (Å²) in [5, 5.41) is 16.6. The standard InChI is InChI=1S/C11H17N7O2S/c1-7(11-14-17-18-15-11)16-21(19,20)10-4-9(13-6-10)5-12-8-2-3-8/h4,6-8,12-13,16H,2-3,5H2,1H3,(H,14,15,17,18). The summed E-state index contributed by atoms with van der Waals surface area (Å²) >= 11 is 0. The molecule has 10 heteroatoms. The summed E-state index contributed by atoms with van der Waals surface area (Å²) in [6, 6.07) is 1.64. The van der Waals surface area contributed by atoms with E-state index in [1.165, 1.54) is 19.0 Å². The first-order chi connectivity index (χ1) is 10.0. The molecule has 114 valence electrons. The van der Waals surface area contributed by atoms with Gasteiger partial charge in [-0.3, -0.25) is 0 Å². The highest BCUT2D eigenvalue weighted by atomic mass is 32.2. The SMILES string of the molecule is CC(NS(=O)(=O)c1c[nH]c(CNC2CC2)c1)c1nn[nH]n1. The maximum Gasteiger partial charge on any atom is 0.242 e. The largest absolute Gasteiger partial charge is 0.363 e. The van der Waals surface area contributed by atoms with Crippen molar-refractivity contribution >= 4 is 10.0 Å². The fraction of sp³-hybridized carbons (Fsp3) is 0.545. The smallest absolute Gasteiger partial charge is 0.242 e. The molecule has 2 heterocycles. The van der Waals surface area contributed by atoms with E-state index in [9.17, 15) is 8.42 Å². The molecule has 0 bridgehead atoms. The van der Waals surface area contributed by atoms with Crippen molar-refractivity contribution < 1.29 is 8.42 Å². The summed E-state index contributed by atoms with van der Waals surface area (Å²) in [7, 11) is -3.62. The summed E-state index contributed by atoms with van der Waals surface area (Å²) in [6.45, 7) is 2.30. The number of nitrogens with one attached hydrogen (secondary N) is 4. The van der Waals surface area contributed by atoms with E-state index in [4.69, 9.17) is 0 Å². The molecule has 4 N–H and O–H groups in total. The van der Waals surface area contributed by atoms with Crippen molar-refractivity contribution in [2.75, 3.05) is 0 Å². The van der Waals surface area contributed by atoms with Crippen LogP contribution in [0.3, 0.4) is 0 Å². The van der Waals surface area contributed by atoms with E-state index in [1.54, 1.807) is 13.0 Å². The second-order valence-corrected chi connectivity index (χ2v) is 6.84. The van der Waals surface area contributed by atoms with Crippen LogP contribution < -0.4 is 10.0 Å². The van der Waals surface area contributed by atoms with E-state index >= 15 is 0 Å². The highest BCUT2D eigenvalue weighted by molar-refractivity contribution is 7.89. The highest BCUT2D eigenvalue weighted by Gasteiger charge is 2.23. The second-order valence-electron chi connectivity index (χ2n) is 5.13. The lowest BCUT2D eigenvalue weighted by molar-refractivity contribution is 0.560. The first-order valence-corrected chi connectivity index (χ1v) is 8.19. The van der Waals surface area contributed by atoms with Gasteiger partial charge in [-0.05, 0) is 25.8 Å². The van der Waals surface area contributed by atoms with Crippen LogP contribution in [0.15, 0.2) is 17.2 Å². The molecule has 21 heavy (non-hydrogen) atoms. The summed E-state index contributed by atoms with van der Waals surface area (Å²) in [5.41, 5.74) is 0.842. The number of aromatic amines is 2. The zero-order valence-electron chi connectivity index (χ0n) is 11.5. The fourth-order valence-corrected chi connectivity index (χ4v) is 3.14. The third-order valence-corrected chi connectivity index (χ3v) is 4.79. The van der Waals surface area contributed by atoms with Gasteiger partial charge in [0.1, 0.15) is 0 Å². The zero-order chi connectivity index (χ0) is 14.9. The molecule has 2 aromatic rings. The Morgan fingerprint density at radius 1 is 1.48 bits per heavy atom. The van der Waals surface area contributed by atoms with E-state index in [1.807, 2.05) is 0 Å². The van der Waals surface area contributed by atoms with Crippen molar-refractivity contribution in [3.8, 4) is 0 Å². The van der Waals surface area contributed by atoms with Crippen molar-refractivity contribution in [1.82, 2.24) is 35.6 Å². The molecule has 0 amide bonds. The molecule has 0 saturated heterocycles. The minimum Gasteiger partial charge on any atom is -0.363 e. The molecule has 1 aliphatic carbocycles. The molecule has 1 saturated carbocycles. The Bertz CT molecular complexity index is 690. The van der Waals surface area contributed by atoms with Crippen molar-refractivity contribution in [2.45, 2.75) is 43.3 Å². The highest BCUT2D eigenvalue weighted by Crippen LogP contribution is 2.20. The monoisotopic (exact) mass is 311 g/mol. The van der Waals surface area contributed by atoms with Crippen molar-refractivity contribution in [2.24, 2.45) is 0 Å². The molecule has 0 spiro atoms. The van der Waals surface area contributed by atoms with Crippen LogP contribution >= 0.6 is 0 Å². The van der Waals surface area contributed by atoms with Gasteiger partial charge in [0.15, 0.2) is 5.82 Å². The average Bonchev–Trinajstić information content (AvgIpc) is 2.96. The average molecular weight is 311 g/mol. The molecule has 0 aliphatic heterocycles. The van der Waals surface area contributed by atoms with E-state index in [2.05, 4.69) is 35.6 Å². The van der Waals surface area contributed by atoms with Crippen LogP contribution in [0.25, 0.3) is 0 Å². The minimum atomic E-state index is -3.62. The molecular formula is C11H17N7O2S. The number of nitrogens with zero attached hydrogens (tertiary/aromatic N) is 3. The third-order valence-electron chi connectivity index (χ3n) is 3.27. The lowest BCUT2D eigenvalue weighted by Crippen LogP contribution is -2.27. The predicted octanol–water partition coefficient (Wildman–Crippen LogP) is -0.181. The summed E-state index contributed by atoms with van der Waals surface area (Å²) in [4.78, 5) is 3.17. The third kappa shape index (κ3) is 3.46. The van der Waals surface area contributed by atoms with Crippen LogP contribution in [0.5, 0.6) is 0 Å². The number of hydrogen-bond acceptors (Lipinski definition) is 6. The van der Waals surface area contributed by atoms with E-state index in [0.717, 1.165) is 5.69 Å². The zero-order valence-corrected chi connectivity index (χ0v) is 12.3. The van der Waals surface area contributed by atoms with Crippen molar-refractivity contribution in [3.63, 3.8) is 0 Å². The molecule has 1 atom stereocenters. The van der Waals surface area contributed by atoms with Crippen molar-refractivity contribution in [1.29, 1.82) is 0 Å². The van der Waals surface area contributed by atoms with Gasteiger partial charge in [0, 0.05) is 24.5 Å². The van der Waals surface area contributed by atoms with E-state index < -0.39 is 16.1 Å². The Morgan fingerprint density at radius 2 is 2.29 bits per heavy atom. The van der Waals surface area contributed by atoms with Crippen LogP contribution in [-0.4, -0.2) is 40.1 Å². The Balaban J connectivity index is 1.66. The minimum absolute atomic E-state index is 0.199. The summed E-state index contributed by atoms with van der Waals surface area (Å²) in [5.74, 6) is 0.296. The van der Waals surface area contributed by atoms with Crippen LogP contribution in [0, 0.1) is 0 Å². The van der Waals surface area contributed by atoms with E-state index in [-0.39, 0.29) is 4.90 Å². The van der Waals surface area contributed by atoms with Crippen LogP contribution in [0.4, 0.5) is 0 Å². The maximum absolute atomic E-state index is 12.3. The first-order valence-electron chi connectivity index (χ1n) is 6.71. The van der Waals surface area contributed by atoms with E-state index in [0.29, 0.717) is 18.4 Å². The molecule has 1 aliphatic rings. The Morgan fingerprint density at radius 3 is 2.95 bits per heavy atom. The molecule has 9 nitrogen and oxygen atoms in total. The van der Waals surface area contributed by atoms with Crippen molar-refractivity contribution in [3.05, 3.63) is 23.8 Å². The molecule has 2 aromatic heterocycles. The number of tetrazole rings is 1. The maximum atomic E-state index is 12.3. The quantitative estimate of drug-likeness (QED) is 0.561. The lowest BCUT2D eigenvalue weighted by atomic mass is 10.4. The Labute approximate surface area is 122 Å². The van der Waals surface area contributed by atoms with Gasteiger partial charge in [0.05, 0.1) is 10.9 Å². The van der Waals surface area contributed by atoms with Gasteiger partial charge < -0.3 is 10.3 Å². The molecular weight excluding hydrogens is 294 g/mol. The number of sulfonamides is 1. The molecule has 0 aromatic carbocycles. The van der Waals surface area contributed by atoms with Gasteiger partial charge in [-0.15, -0.1) is 10.2 Å². The van der Waals surface area contributed by atoms with Crippen LogP contribution in [-0.2, 0) is 16.6 Å². The number of H-pyrrole nitrogens is 2.